The number of nitrogens with one attached hydrogen (secondary N) is 2. The molecule has 0 unspecified atom stereocenters. The minimum absolute atomic E-state index is 0.0392. The normalized spacial score (nSPS) is 9.73. The lowest BCUT2D eigenvalue weighted by Gasteiger charge is -2.05. The molecule has 2 amide bonds. The molecule has 0 saturated carbocycles. The van der Waals surface area contributed by atoms with Crippen LogP contribution in [0, 0.1) is 0 Å². The van der Waals surface area contributed by atoms with Crippen LogP contribution < -0.4 is 16.4 Å². The summed E-state index contributed by atoms with van der Waals surface area (Å²) in [7, 11) is 0. The van der Waals surface area contributed by atoms with Crippen molar-refractivity contribution in [3.8, 4) is 0 Å². The van der Waals surface area contributed by atoms with Crippen LogP contribution in [0.3, 0.4) is 0 Å². The lowest BCUT2D eigenvalue weighted by molar-refractivity contribution is -0.122. The molecule has 0 aliphatic carbocycles. The summed E-state index contributed by atoms with van der Waals surface area (Å²) in [6, 6.07) is 0. The Morgan fingerprint density at radius 1 is 1.07 bits per heavy atom. The van der Waals surface area contributed by atoms with E-state index < -0.39 is 0 Å². The molecule has 0 spiro atoms. The van der Waals surface area contributed by atoms with Crippen molar-refractivity contribution in [1.29, 1.82) is 0 Å². The van der Waals surface area contributed by atoms with Crippen LogP contribution in [-0.4, -0.2) is 31.4 Å². The number of carbonyl (C=O) groups is 2. The molecule has 0 bridgehead atoms. The maximum absolute atomic E-state index is 11.2. The summed E-state index contributed by atoms with van der Waals surface area (Å²) in [6.45, 7) is 3.12. The molecule has 0 aliphatic rings. The molecular formula is C10H21N3O2. The molecule has 4 N–H and O–H groups in total. The van der Waals surface area contributed by atoms with E-state index in [9.17, 15) is 9.59 Å². The number of unbranched alkanes of at least 4 members (excludes halogenated alkanes) is 2. The molecule has 0 aromatic carbocycles. The summed E-state index contributed by atoms with van der Waals surface area (Å²) >= 11 is 0. The van der Waals surface area contributed by atoms with Gasteiger partial charge in [-0.1, -0.05) is 6.42 Å². The molecule has 0 rings (SSSR count). The third-order valence-corrected chi connectivity index (χ3v) is 1.93. The second-order valence-electron chi connectivity index (χ2n) is 3.43. The fourth-order valence-corrected chi connectivity index (χ4v) is 1.14. The Labute approximate surface area is 90.8 Å². The van der Waals surface area contributed by atoms with Gasteiger partial charge in [-0.25, -0.2) is 0 Å². The van der Waals surface area contributed by atoms with E-state index in [4.69, 9.17) is 5.73 Å². The van der Waals surface area contributed by atoms with Crippen LogP contribution in [0.25, 0.3) is 0 Å². The fraction of sp³-hybridized carbons (Fsp3) is 0.800. The number of carbonyl (C=O) groups excluding carboxylic acids is 2. The molecule has 0 aliphatic heterocycles. The maximum Gasteiger partial charge on any atom is 0.220 e. The van der Waals surface area contributed by atoms with Gasteiger partial charge in [-0.05, 0) is 19.4 Å². The first kappa shape index (κ1) is 13.9. The van der Waals surface area contributed by atoms with Gasteiger partial charge >= 0.3 is 0 Å². The molecule has 15 heavy (non-hydrogen) atoms. The van der Waals surface area contributed by atoms with Crippen LogP contribution in [0.5, 0.6) is 0 Å². The maximum atomic E-state index is 11.2. The summed E-state index contributed by atoms with van der Waals surface area (Å²) in [6.07, 6.45) is 3.39. The van der Waals surface area contributed by atoms with Gasteiger partial charge in [0.15, 0.2) is 0 Å². The van der Waals surface area contributed by atoms with E-state index in [1.165, 1.54) is 6.92 Å². The van der Waals surface area contributed by atoms with Crippen molar-refractivity contribution < 1.29 is 9.59 Å². The van der Waals surface area contributed by atoms with Crippen molar-refractivity contribution >= 4 is 11.8 Å². The monoisotopic (exact) mass is 215 g/mol. The quantitative estimate of drug-likeness (QED) is 0.488. The Morgan fingerprint density at radius 3 is 2.33 bits per heavy atom. The molecule has 0 atom stereocenters. The van der Waals surface area contributed by atoms with Gasteiger partial charge in [0.2, 0.25) is 11.8 Å². The van der Waals surface area contributed by atoms with Gasteiger partial charge in [0.25, 0.3) is 0 Å². The second-order valence-corrected chi connectivity index (χ2v) is 3.43. The molecule has 5 nitrogen and oxygen atoms in total. The predicted octanol–water partition coefficient (Wildman–Crippen LogP) is -0.242. The van der Waals surface area contributed by atoms with E-state index in [2.05, 4.69) is 10.6 Å². The van der Waals surface area contributed by atoms with E-state index >= 15 is 0 Å². The highest BCUT2D eigenvalue weighted by Crippen LogP contribution is 1.97. The summed E-state index contributed by atoms with van der Waals surface area (Å²) in [5.41, 5.74) is 5.33. The van der Waals surface area contributed by atoms with Gasteiger partial charge in [0.1, 0.15) is 0 Å². The van der Waals surface area contributed by atoms with Crippen molar-refractivity contribution in [3.05, 3.63) is 0 Å². The topological polar surface area (TPSA) is 84.2 Å². The van der Waals surface area contributed by atoms with Gasteiger partial charge in [0.05, 0.1) is 0 Å². The Balaban J connectivity index is 3.22. The zero-order chi connectivity index (χ0) is 11.5. The van der Waals surface area contributed by atoms with Gasteiger partial charge in [-0.2, -0.15) is 0 Å². The van der Waals surface area contributed by atoms with Crippen LogP contribution in [0.4, 0.5) is 0 Å². The second kappa shape index (κ2) is 9.45. The lowest BCUT2D eigenvalue weighted by Crippen LogP contribution is -2.33. The zero-order valence-corrected chi connectivity index (χ0v) is 9.34. The minimum atomic E-state index is -0.0767. The molecular weight excluding hydrogens is 194 g/mol. The van der Waals surface area contributed by atoms with Gasteiger partial charge in [-0.3, -0.25) is 9.59 Å². The van der Waals surface area contributed by atoms with Crippen molar-refractivity contribution in [2.24, 2.45) is 5.73 Å². The average molecular weight is 215 g/mol. The molecule has 0 aromatic heterocycles. The minimum Gasteiger partial charge on any atom is -0.355 e. The summed E-state index contributed by atoms with van der Waals surface area (Å²) < 4.78 is 0. The molecule has 0 aromatic rings. The third-order valence-electron chi connectivity index (χ3n) is 1.93. The molecule has 88 valence electrons. The highest BCUT2D eigenvalue weighted by Gasteiger charge is 1.99. The summed E-state index contributed by atoms with van der Waals surface area (Å²) in [5.74, 6) is -0.0374. The van der Waals surface area contributed by atoms with Crippen molar-refractivity contribution in [1.82, 2.24) is 10.6 Å². The molecule has 0 radical (unpaired) electrons. The number of nitrogens with two attached hydrogens (primary N) is 1. The highest BCUT2D eigenvalue weighted by molar-refractivity contribution is 5.76. The van der Waals surface area contributed by atoms with E-state index in [1.54, 1.807) is 0 Å². The largest absolute Gasteiger partial charge is 0.355 e. The average Bonchev–Trinajstić information content (AvgIpc) is 2.19. The SMILES string of the molecule is CC(=O)NCCNC(=O)CCCCCN. The molecule has 5 heteroatoms. The standard InChI is InChI=1S/C10H21N3O2/c1-9(14)12-7-8-13-10(15)5-3-2-4-6-11/h2-8,11H2,1H3,(H,12,14)(H,13,15). The predicted molar refractivity (Wildman–Crippen MR) is 59.2 cm³/mol. The number of hydrogen-bond donors (Lipinski definition) is 3. The number of hydrogen-bond acceptors (Lipinski definition) is 3. The Morgan fingerprint density at radius 2 is 1.73 bits per heavy atom. The van der Waals surface area contributed by atoms with Crippen LogP contribution in [-0.2, 0) is 9.59 Å². The van der Waals surface area contributed by atoms with Crippen molar-refractivity contribution in [2.75, 3.05) is 19.6 Å². The van der Waals surface area contributed by atoms with Crippen LogP contribution in [0.1, 0.15) is 32.6 Å². The highest BCUT2D eigenvalue weighted by atomic mass is 16.2. The van der Waals surface area contributed by atoms with Crippen molar-refractivity contribution in [3.63, 3.8) is 0 Å². The van der Waals surface area contributed by atoms with Crippen LogP contribution in [0.15, 0.2) is 0 Å². The summed E-state index contributed by atoms with van der Waals surface area (Å²) in [4.78, 5) is 21.7. The first-order chi connectivity index (χ1) is 7.16. The van der Waals surface area contributed by atoms with E-state index in [1.807, 2.05) is 0 Å². The Bertz CT molecular complexity index is 195. The van der Waals surface area contributed by atoms with Crippen LogP contribution in [0.2, 0.25) is 0 Å². The summed E-state index contributed by atoms with van der Waals surface area (Å²) in [5, 5.41) is 5.34. The Hall–Kier alpha value is -1.10. The van der Waals surface area contributed by atoms with Gasteiger partial charge in [-0.15, -0.1) is 0 Å². The van der Waals surface area contributed by atoms with Gasteiger partial charge < -0.3 is 16.4 Å². The first-order valence-corrected chi connectivity index (χ1v) is 5.38. The first-order valence-electron chi connectivity index (χ1n) is 5.38. The zero-order valence-electron chi connectivity index (χ0n) is 9.34. The molecule has 0 saturated heterocycles. The van der Waals surface area contributed by atoms with E-state index in [-0.39, 0.29) is 11.8 Å². The molecule has 0 fully saturated rings. The van der Waals surface area contributed by atoms with E-state index in [0.29, 0.717) is 26.1 Å². The van der Waals surface area contributed by atoms with Crippen molar-refractivity contribution in [2.45, 2.75) is 32.6 Å². The number of rotatable bonds is 8. The smallest absolute Gasteiger partial charge is 0.220 e. The number of amides is 2. The van der Waals surface area contributed by atoms with Gasteiger partial charge in [0, 0.05) is 26.4 Å². The fourth-order valence-electron chi connectivity index (χ4n) is 1.14. The Kier molecular flexibility index (Phi) is 8.76. The van der Waals surface area contributed by atoms with Crippen LogP contribution >= 0.6 is 0 Å². The lowest BCUT2D eigenvalue weighted by atomic mass is 10.2. The van der Waals surface area contributed by atoms with E-state index in [0.717, 1.165) is 19.3 Å². The molecule has 0 heterocycles. The third kappa shape index (κ3) is 10.8.